The molecule has 0 fully saturated rings. The van der Waals surface area contributed by atoms with Crippen molar-refractivity contribution in [2.75, 3.05) is 5.32 Å². The van der Waals surface area contributed by atoms with Crippen LogP contribution in [0.25, 0.3) is 21.7 Å². The highest BCUT2D eigenvalue weighted by atomic mass is 15.1. The van der Waals surface area contributed by atoms with Crippen LogP contribution in [-0.4, -0.2) is 9.97 Å². The minimum absolute atomic E-state index is 0.341. The number of anilines is 1. The lowest BCUT2D eigenvalue weighted by Gasteiger charge is -2.29. The predicted molar refractivity (Wildman–Crippen MR) is 111 cm³/mol. The number of aromatic amines is 2. The molecule has 0 saturated carbocycles. The van der Waals surface area contributed by atoms with Gasteiger partial charge in [0.15, 0.2) is 0 Å². The summed E-state index contributed by atoms with van der Waals surface area (Å²) >= 11 is 0. The van der Waals surface area contributed by atoms with E-state index < -0.39 is 0 Å². The molecule has 3 aromatic carbocycles. The van der Waals surface area contributed by atoms with E-state index in [0.29, 0.717) is 0 Å². The van der Waals surface area contributed by atoms with Crippen LogP contribution in [0.1, 0.15) is 17.0 Å². The summed E-state index contributed by atoms with van der Waals surface area (Å²) in [5.41, 5.74) is 5.77. The standard InChI is InChI=1S/C24H19N3/c1-4-10-19-18(9-1)15-25-23(19)24(14-17-8-3-6-12-21(17)27-24)22-13-16-7-2-5-11-20(16)26-22/h1-13,15,25-27H,14H2. The topological polar surface area (TPSA) is 43.6 Å². The van der Waals surface area contributed by atoms with Gasteiger partial charge >= 0.3 is 0 Å². The van der Waals surface area contributed by atoms with E-state index >= 15 is 0 Å². The van der Waals surface area contributed by atoms with Crippen molar-refractivity contribution < 1.29 is 0 Å². The Morgan fingerprint density at radius 1 is 0.778 bits per heavy atom. The summed E-state index contributed by atoms with van der Waals surface area (Å²) in [7, 11) is 0. The largest absolute Gasteiger partial charge is 0.369 e. The zero-order valence-electron chi connectivity index (χ0n) is 14.8. The molecule has 130 valence electrons. The van der Waals surface area contributed by atoms with Crippen LogP contribution in [0.15, 0.2) is 85.1 Å². The van der Waals surface area contributed by atoms with Crippen LogP contribution in [0.2, 0.25) is 0 Å². The van der Waals surface area contributed by atoms with Gasteiger partial charge < -0.3 is 15.3 Å². The van der Waals surface area contributed by atoms with Gasteiger partial charge in [-0.25, -0.2) is 0 Å². The fourth-order valence-corrected chi connectivity index (χ4v) is 4.54. The number of benzene rings is 3. The second-order valence-corrected chi connectivity index (χ2v) is 7.39. The molecule has 0 spiro atoms. The molecule has 1 aliphatic heterocycles. The van der Waals surface area contributed by atoms with E-state index in [2.05, 4.69) is 100 Å². The molecule has 1 atom stereocenters. The molecule has 0 saturated heterocycles. The number of rotatable bonds is 2. The quantitative estimate of drug-likeness (QED) is 0.384. The first-order valence-electron chi connectivity index (χ1n) is 9.34. The second kappa shape index (κ2) is 5.27. The van der Waals surface area contributed by atoms with Crippen molar-refractivity contribution in [2.45, 2.75) is 12.0 Å². The van der Waals surface area contributed by atoms with E-state index in [9.17, 15) is 0 Å². The third kappa shape index (κ3) is 2.02. The van der Waals surface area contributed by atoms with Gasteiger partial charge in [-0.05, 0) is 34.5 Å². The van der Waals surface area contributed by atoms with Crippen LogP contribution >= 0.6 is 0 Å². The van der Waals surface area contributed by atoms with Crippen molar-refractivity contribution in [3.63, 3.8) is 0 Å². The molecular formula is C24H19N3. The Morgan fingerprint density at radius 2 is 1.56 bits per heavy atom. The maximum Gasteiger partial charge on any atom is 0.123 e. The van der Waals surface area contributed by atoms with Crippen LogP contribution in [0.4, 0.5) is 5.69 Å². The van der Waals surface area contributed by atoms with E-state index in [1.807, 2.05) is 0 Å². The molecule has 0 bridgehead atoms. The number of aromatic nitrogens is 2. The second-order valence-electron chi connectivity index (χ2n) is 7.39. The van der Waals surface area contributed by atoms with Gasteiger partial charge in [-0.2, -0.15) is 0 Å². The fraction of sp³-hybridized carbons (Fsp3) is 0.0833. The average molecular weight is 349 g/mol. The van der Waals surface area contributed by atoms with Gasteiger partial charge in [0.05, 0.1) is 5.69 Å². The molecule has 5 aromatic rings. The van der Waals surface area contributed by atoms with Crippen LogP contribution in [0.5, 0.6) is 0 Å². The summed E-state index contributed by atoms with van der Waals surface area (Å²) in [6.45, 7) is 0. The van der Waals surface area contributed by atoms with E-state index in [-0.39, 0.29) is 5.54 Å². The number of hydrogen-bond donors (Lipinski definition) is 3. The van der Waals surface area contributed by atoms with Gasteiger partial charge in [0.1, 0.15) is 5.54 Å². The van der Waals surface area contributed by atoms with Crippen LogP contribution in [0, 0.1) is 0 Å². The monoisotopic (exact) mass is 349 g/mol. The SMILES string of the molecule is c1ccc2c(c1)CC(c1cc3ccccc3[nH]1)(c1[nH]cc3ccccc13)N2. The van der Waals surface area contributed by atoms with Crippen molar-refractivity contribution in [1.29, 1.82) is 0 Å². The number of para-hydroxylation sites is 2. The molecule has 3 heteroatoms. The minimum atomic E-state index is -0.341. The Bertz CT molecular complexity index is 1230. The summed E-state index contributed by atoms with van der Waals surface area (Å²) in [6.07, 6.45) is 3.01. The van der Waals surface area contributed by atoms with E-state index in [1.54, 1.807) is 0 Å². The molecule has 3 heterocycles. The molecule has 27 heavy (non-hydrogen) atoms. The predicted octanol–water partition coefficient (Wildman–Crippen LogP) is 5.56. The lowest BCUT2D eigenvalue weighted by molar-refractivity contribution is 0.589. The lowest BCUT2D eigenvalue weighted by atomic mass is 9.86. The van der Waals surface area contributed by atoms with Gasteiger partial charge in [-0.15, -0.1) is 0 Å². The summed E-state index contributed by atoms with van der Waals surface area (Å²) < 4.78 is 0. The smallest absolute Gasteiger partial charge is 0.123 e. The Hall–Kier alpha value is -3.46. The van der Waals surface area contributed by atoms with Crippen LogP contribution < -0.4 is 5.32 Å². The highest BCUT2D eigenvalue weighted by Crippen LogP contribution is 2.45. The Kier molecular flexibility index (Phi) is 2.87. The molecule has 3 nitrogen and oxygen atoms in total. The molecule has 3 N–H and O–H groups in total. The number of fused-ring (bicyclic) bond motifs is 3. The summed E-state index contributed by atoms with van der Waals surface area (Å²) in [5, 5.41) is 7.59. The molecule has 6 rings (SSSR count). The Labute approximate surface area is 157 Å². The molecule has 1 unspecified atom stereocenters. The molecule has 2 aromatic heterocycles. The summed E-state index contributed by atoms with van der Waals surface area (Å²) in [4.78, 5) is 7.28. The first-order valence-corrected chi connectivity index (χ1v) is 9.34. The van der Waals surface area contributed by atoms with Crippen LogP contribution in [-0.2, 0) is 12.0 Å². The van der Waals surface area contributed by atoms with Gasteiger partial charge in [0.2, 0.25) is 0 Å². The van der Waals surface area contributed by atoms with Crippen LogP contribution in [0.3, 0.4) is 0 Å². The highest BCUT2D eigenvalue weighted by Gasteiger charge is 2.43. The van der Waals surface area contributed by atoms with Gasteiger partial charge in [0, 0.05) is 34.9 Å². The maximum absolute atomic E-state index is 3.86. The average Bonchev–Trinajstić information content (AvgIpc) is 3.42. The zero-order chi connectivity index (χ0) is 17.8. The summed E-state index contributed by atoms with van der Waals surface area (Å²) in [5.74, 6) is 0. The Balaban J connectivity index is 1.64. The van der Waals surface area contributed by atoms with Crippen molar-refractivity contribution in [3.05, 3.63) is 102 Å². The first-order chi connectivity index (χ1) is 13.3. The molecule has 0 radical (unpaired) electrons. The number of H-pyrrole nitrogens is 2. The molecule has 1 aliphatic rings. The molecule has 0 amide bonds. The van der Waals surface area contributed by atoms with Crippen molar-refractivity contribution >= 4 is 27.4 Å². The van der Waals surface area contributed by atoms with E-state index in [1.165, 1.54) is 44.3 Å². The lowest BCUT2D eigenvalue weighted by Crippen LogP contribution is -2.35. The highest BCUT2D eigenvalue weighted by molar-refractivity contribution is 5.89. The zero-order valence-corrected chi connectivity index (χ0v) is 14.8. The van der Waals surface area contributed by atoms with Gasteiger partial charge in [0.25, 0.3) is 0 Å². The third-order valence-corrected chi connectivity index (χ3v) is 5.84. The Morgan fingerprint density at radius 3 is 2.44 bits per heavy atom. The van der Waals surface area contributed by atoms with E-state index in [0.717, 1.165) is 6.42 Å². The minimum Gasteiger partial charge on any atom is -0.369 e. The number of hydrogen-bond acceptors (Lipinski definition) is 1. The molecular weight excluding hydrogens is 330 g/mol. The van der Waals surface area contributed by atoms with Gasteiger partial charge in [-0.3, -0.25) is 0 Å². The van der Waals surface area contributed by atoms with Crippen molar-refractivity contribution in [1.82, 2.24) is 9.97 Å². The maximum atomic E-state index is 3.86. The van der Waals surface area contributed by atoms with E-state index in [4.69, 9.17) is 0 Å². The third-order valence-electron chi connectivity index (χ3n) is 5.84. The van der Waals surface area contributed by atoms with Crippen molar-refractivity contribution in [3.8, 4) is 0 Å². The normalized spacial score (nSPS) is 18.7. The number of nitrogens with one attached hydrogen (secondary N) is 3. The van der Waals surface area contributed by atoms with Crippen molar-refractivity contribution in [2.24, 2.45) is 0 Å². The van der Waals surface area contributed by atoms with Gasteiger partial charge in [-0.1, -0.05) is 60.7 Å². The first kappa shape index (κ1) is 14.7. The summed E-state index contributed by atoms with van der Waals surface area (Å²) in [6, 6.07) is 27.9. The fourth-order valence-electron chi connectivity index (χ4n) is 4.54. The molecule has 0 aliphatic carbocycles.